The monoisotopic (exact) mass is 390 g/mol. The number of phenols is 1. The average molecular weight is 390 g/mol. The summed E-state index contributed by atoms with van der Waals surface area (Å²) in [6, 6.07) is 19.8. The van der Waals surface area contributed by atoms with Gasteiger partial charge in [0.2, 0.25) is 5.78 Å². The zero-order chi connectivity index (χ0) is 19.7. The first kappa shape index (κ1) is 18.0. The van der Waals surface area contributed by atoms with Gasteiger partial charge in [-0.05, 0) is 47.5 Å². The van der Waals surface area contributed by atoms with E-state index in [1.54, 1.807) is 12.1 Å². The van der Waals surface area contributed by atoms with Crippen molar-refractivity contribution in [3.63, 3.8) is 0 Å². The van der Waals surface area contributed by atoms with E-state index in [9.17, 15) is 9.90 Å². The molecule has 0 spiro atoms. The number of benzene rings is 3. The molecule has 1 heterocycles. The van der Waals surface area contributed by atoms with Gasteiger partial charge in [0.15, 0.2) is 5.76 Å². The third-order valence-corrected chi connectivity index (χ3v) is 4.90. The van der Waals surface area contributed by atoms with Crippen LogP contribution in [0.5, 0.6) is 5.75 Å². The van der Waals surface area contributed by atoms with Crippen molar-refractivity contribution in [3.8, 4) is 16.9 Å². The summed E-state index contributed by atoms with van der Waals surface area (Å²) in [5.41, 5.74) is 10.3. The molecule has 4 aromatic rings. The molecule has 0 fully saturated rings. The van der Waals surface area contributed by atoms with Crippen molar-refractivity contribution in [3.05, 3.63) is 78.1 Å². The molecule has 1 aromatic heterocycles. The van der Waals surface area contributed by atoms with Gasteiger partial charge in [-0.3, -0.25) is 4.79 Å². The summed E-state index contributed by atoms with van der Waals surface area (Å²) in [6.07, 6.45) is 1.97. The van der Waals surface area contributed by atoms with Crippen molar-refractivity contribution in [2.45, 2.75) is 0 Å². The lowest BCUT2D eigenvalue weighted by atomic mass is 10.0. The van der Waals surface area contributed by atoms with Gasteiger partial charge in [0.25, 0.3) is 0 Å². The van der Waals surface area contributed by atoms with E-state index in [0.29, 0.717) is 22.2 Å². The molecule has 0 aliphatic heterocycles. The Bertz CT molecular complexity index is 1180. The highest BCUT2D eigenvalue weighted by molar-refractivity contribution is 7.99. The Hall–Kier alpha value is -3.38. The van der Waals surface area contributed by atoms with Gasteiger partial charge >= 0.3 is 0 Å². The Morgan fingerprint density at radius 3 is 2.61 bits per heavy atom. The van der Waals surface area contributed by atoms with Crippen molar-refractivity contribution < 1.29 is 14.3 Å². The van der Waals surface area contributed by atoms with Crippen molar-refractivity contribution in [1.82, 2.24) is 0 Å². The van der Waals surface area contributed by atoms with Crippen molar-refractivity contribution in [1.29, 1.82) is 0 Å². The largest absolute Gasteiger partial charge is 0.508 e. The van der Waals surface area contributed by atoms with E-state index < -0.39 is 0 Å². The lowest BCUT2D eigenvalue weighted by molar-refractivity contribution is 0.101. The molecule has 0 bridgehead atoms. The molecular formula is C22H18N2O3S. The molecule has 0 amide bonds. The number of rotatable bonds is 5. The summed E-state index contributed by atoms with van der Waals surface area (Å²) >= 11 is 1.53. The molecule has 4 N–H and O–H groups in total. The minimum atomic E-state index is -0.364. The minimum absolute atomic E-state index is 0.0153. The van der Waals surface area contributed by atoms with Gasteiger partial charge < -0.3 is 20.0 Å². The van der Waals surface area contributed by atoms with Gasteiger partial charge in [0.05, 0.1) is 5.69 Å². The zero-order valence-electron chi connectivity index (χ0n) is 15.1. The van der Waals surface area contributed by atoms with E-state index in [4.69, 9.17) is 10.2 Å². The van der Waals surface area contributed by atoms with Gasteiger partial charge in [-0.25, -0.2) is 0 Å². The van der Waals surface area contributed by atoms with Crippen LogP contribution in [0.25, 0.3) is 22.1 Å². The predicted molar refractivity (Wildman–Crippen MR) is 115 cm³/mol. The predicted octanol–water partition coefficient (Wildman–Crippen LogP) is 5.31. The van der Waals surface area contributed by atoms with Crippen molar-refractivity contribution in [2.75, 3.05) is 16.7 Å². The number of hydrogen-bond acceptors (Lipinski definition) is 6. The molecule has 0 aliphatic carbocycles. The first-order chi connectivity index (χ1) is 13.6. The van der Waals surface area contributed by atoms with Crippen LogP contribution < -0.4 is 10.5 Å². The number of furan rings is 1. The van der Waals surface area contributed by atoms with E-state index >= 15 is 0 Å². The molecular weight excluding hydrogens is 372 g/mol. The second-order valence-corrected chi connectivity index (χ2v) is 6.93. The minimum Gasteiger partial charge on any atom is -0.508 e. The highest BCUT2D eigenvalue weighted by Gasteiger charge is 2.20. The standard InChI is InChI=1S/C22H18N2O3S/c1-28-24-16-6-2-4-13(10-16)14-8-9-18-19(12-14)27-22(20(18)23)21(26)15-5-3-7-17(25)11-15/h2-12,24-25H,23H2,1H3. The lowest BCUT2D eigenvalue weighted by Crippen LogP contribution is -2.02. The lowest BCUT2D eigenvalue weighted by Gasteiger charge is -2.06. The molecule has 0 unspecified atom stereocenters. The molecule has 0 atom stereocenters. The number of anilines is 2. The Morgan fingerprint density at radius 1 is 1.04 bits per heavy atom. The summed E-state index contributed by atoms with van der Waals surface area (Å²) in [7, 11) is 0. The molecule has 140 valence electrons. The van der Waals surface area contributed by atoms with E-state index in [1.165, 1.54) is 24.1 Å². The number of fused-ring (bicyclic) bond motifs is 1. The second kappa shape index (κ2) is 7.32. The third-order valence-electron chi connectivity index (χ3n) is 4.46. The maximum atomic E-state index is 12.8. The Morgan fingerprint density at radius 2 is 1.82 bits per heavy atom. The van der Waals surface area contributed by atoms with Crippen molar-refractivity contribution >= 4 is 40.1 Å². The van der Waals surface area contributed by atoms with Gasteiger partial charge in [-0.2, -0.15) is 0 Å². The number of aromatic hydroxyl groups is 1. The van der Waals surface area contributed by atoms with Crippen LogP contribution in [0.3, 0.4) is 0 Å². The number of nitrogens with two attached hydrogens (primary N) is 1. The average Bonchev–Trinajstić information content (AvgIpc) is 3.04. The molecule has 0 aliphatic rings. The number of hydrogen-bond donors (Lipinski definition) is 3. The fourth-order valence-corrected chi connectivity index (χ4v) is 3.49. The Kier molecular flexibility index (Phi) is 4.71. The quantitative estimate of drug-likeness (QED) is 0.316. The van der Waals surface area contributed by atoms with Crippen molar-refractivity contribution in [2.24, 2.45) is 0 Å². The topological polar surface area (TPSA) is 88.5 Å². The van der Waals surface area contributed by atoms with E-state index in [-0.39, 0.29) is 17.3 Å². The molecule has 0 saturated heterocycles. The Labute approximate surface area is 166 Å². The summed E-state index contributed by atoms with van der Waals surface area (Å²) in [6.45, 7) is 0. The van der Waals surface area contributed by atoms with Crippen LogP contribution in [0.1, 0.15) is 16.1 Å². The summed E-state index contributed by atoms with van der Waals surface area (Å²) < 4.78 is 9.03. The van der Waals surface area contributed by atoms with Crippen LogP contribution in [0.4, 0.5) is 11.4 Å². The normalized spacial score (nSPS) is 10.9. The fourth-order valence-electron chi connectivity index (χ4n) is 3.12. The van der Waals surface area contributed by atoms with E-state index in [1.807, 2.05) is 48.7 Å². The number of carbonyl (C=O) groups is 1. The van der Waals surface area contributed by atoms with Crippen LogP contribution in [0, 0.1) is 0 Å². The number of phenolic OH excluding ortho intramolecular Hbond substituents is 1. The summed E-state index contributed by atoms with van der Waals surface area (Å²) in [4.78, 5) is 12.8. The van der Waals surface area contributed by atoms with Gasteiger partial charge in [-0.15, -0.1) is 0 Å². The summed E-state index contributed by atoms with van der Waals surface area (Å²) in [5, 5.41) is 10.3. The maximum absolute atomic E-state index is 12.8. The molecule has 28 heavy (non-hydrogen) atoms. The Balaban J connectivity index is 1.75. The number of carbonyl (C=O) groups excluding carboxylic acids is 1. The summed E-state index contributed by atoms with van der Waals surface area (Å²) in [5.74, 6) is -0.269. The van der Waals surface area contributed by atoms with Gasteiger partial charge in [-0.1, -0.05) is 42.3 Å². The van der Waals surface area contributed by atoms with Crippen LogP contribution in [-0.4, -0.2) is 17.1 Å². The number of nitrogens with one attached hydrogen (secondary N) is 1. The van der Waals surface area contributed by atoms with E-state index in [0.717, 1.165) is 16.8 Å². The highest BCUT2D eigenvalue weighted by Crippen LogP contribution is 2.34. The molecule has 5 nitrogen and oxygen atoms in total. The van der Waals surface area contributed by atoms with Crippen LogP contribution in [0.15, 0.2) is 71.1 Å². The third kappa shape index (κ3) is 3.30. The maximum Gasteiger partial charge on any atom is 0.230 e. The molecule has 6 heteroatoms. The SMILES string of the molecule is CSNc1cccc(-c2ccc3c(N)c(C(=O)c4cccc(O)c4)oc3c2)c1. The van der Waals surface area contributed by atoms with Crippen LogP contribution in [-0.2, 0) is 0 Å². The highest BCUT2D eigenvalue weighted by atomic mass is 32.2. The fraction of sp³-hybridized carbons (Fsp3) is 0.0455. The number of nitrogen functional groups attached to an aromatic ring is 1. The molecule has 0 radical (unpaired) electrons. The molecule has 0 saturated carbocycles. The van der Waals surface area contributed by atoms with Gasteiger partial charge in [0.1, 0.15) is 11.3 Å². The first-order valence-electron chi connectivity index (χ1n) is 8.62. The van der Waals surface area contributed by atoms with E-state index in [2.05, 4.69) is 4.72 Å². The van der Waals surface area contributed by atoms with Crippen LogP contribution >= 0.6 is 11.9 Å². The van der Waals surface area contributed by atoms with Crippen LogP contribution in [0.2, 0.25) is 0 Å². The van der Waals surface area contributed by atoms with Gasteiger partial charge in [0, 0.05) is 22.9 Å². The number of ketones is 1. The zero-order valence-corrected chi connectivity index (χ0v) is 15.9. The molecule has 4 rings (SSSR count). The smallest absolute Gasteiger partial charge is 0.230 e. The first-order valence-corrected chi connectivity index (χ1v) is 9.84. The molecule has 3 aromatic carbocycles. The second-order valence-electron chi connectivity index (χ2n) is 6.32.